The molecule has 1 fully saturated rings. The van der Waals surface area contributed by atoms with Crippen molar-refractivity contribution in [3.63, 3.8) is 0 Å². The summed E-state index contributed by atoms with van der Waals surface area (Å²) in [7, 11) is -1.59. The molecule has 1 aliphatic carbocycles. The molecule has 4 nitrogen and oxygen atoms in total. The van der Waals surface area contributed by atoms with Crippen molar-refractivity contribution in [3.8, 4) is 0 Å². The van der Waals surface area contributed by atoms with Crippen LogP contribution < -0.4 is 5.32 Å². The average Bonchev–Trinajstić information content (AvgIpc) is 3.20. The predicted octanol–water partition coefficient (Wildman–Crippen LogP) is 2.22. The number of nitrogens with one attached hydrogen (secondary N) is 1. The van der Waals surface area contributed by atoms with Crippen LogP contribution in [-0.2, 0) is 16.6 Å². The van der Waals surface area contributed by atoms with Gasteiger partial charge in [0.2, 0.25) is 10.0 Å². The lowest BCUT2D eigenvalue weighted by Crippen LogP contribution is -2.39. The molecule has 0 bridgehead atoms. The molecular weight excluding hydrogens is 272 g/mol. The molecule has 1 N–H and O–H groups in total. The molecule has 0 unspecified atom stereocenters. The van der Waals surface area contributed by atoms with Crippen LogP contribution in [0.4, 0.5) is 0 Å². The Bertz CT molecular complexity index is 551. The van der Waals surface area contributed by atoms with E-state index in [4.69, 9.17) is 0 Å². The van der Waals surface area contributed by atoms with Crippen LogP contribution in [0.2, 0.25) is 0 Å². The largest absolute Gasteiger partial charge is 0.316 e. The highest BCUT2D eigenvalue weighted by atomic mass is 32.2. The van der Waals surface area contributed by atoms with E-state index in [2.05, 4.69) is 5.32 Å². The summed E-state index contributed by atoms with van der Waals surface area (Å²) in [5, 5.41) is 3.03. The van der Waals surface area contributed by atoms with Gasteiger partial charge in [-0.25, -0.2) is 8.42 Å². The highest BCUT2D eigenvalue weighted by Crippen LogP contribution is 2.33. The number of rotatable bonds is 7. The van der Waals surface area contributed by atoms with Gasteiger partial charge in [-0.15, -0.1) is 0 Å². The van der Waals surface area contributed by atoms with Gasteiger partial charge in [0.25, 0.3) is 0 Å². The zero-order valence-electron chi connectivity index (χ0n) is 12.5. The van der Waals surface area contributed by atoms with Gasteiger partial charge in [-0.1, -0.05) is 18.2 Å². The molecule has 1 aromatic rings. The fourth-order valence-corrected chi connectivity index (χ4v) is 4.30. The first kappa shape index (κ1) is 15.5. The molecule has 1 aliphatic rings. The zero-order valence-corrected chi connectivity index (χ0v) is 13.3. The number of hydrogen-bond acceptors (Lipinski definition) is 3. The van der Waals surface area contributed by atoms with Crippen LogP contribution in [-0.4, -0.2) is 32.4 Å². The summed E-state index contributed by atoms with van der Waals surface area (Å²) in [5.74, 6) is 0.545. The molecule has 2 rings (SSSR count). The summed E-state index contributed by atoms with van der Waals surface area (Å²) < 4.78 is 27.5. The van der Waals surface area contributed by atoms with Gasteiger partial charge in [0.1, 0.15) is 0 Å². The van der Waals surface area contributed by atoms with E-state index in [1.165, 1.54) is 0 Å². The molecule has 5 heteroatoms. The molecule has 0 radical (unpaired) electrons. The molecule has 0 atom stereocenters. The molecule has 0 amide bonds. The zero-order chi connectivity index (χ0) is 14.8. The summed E-state index contributed by atoms with van der Waals surface area (Å²) in [6, 6.07) is 7.25. The quantitative estimate of drug-likeness (QED) is 0.839. The first-order valence-corrected chi connectivity index (χ1v) is 8.65. The van der Waals surface area contributed by atoms with Crippen LogP contribution >= 0.6 is 0 Å². The molecule has 0 heterocycles. The smallest absolute Gasteiger partial charge is 0.243 e. The van der Waals surface area contributed by atoms with E-state index in [9.17, 15) is 8.42 Å². The maximum absolute atomic E-state index is 12.9. The van der Waals surface area contributed by atoms with E-state index in [0.717, 1.165) is 18.4 Å². The third-order valence-corrected chi connectivity index (χ3v) is 5.78. The minimum atomic E-state index is -3.41. The van der Waals surface area contributed by atoms with Crippen molar-refractivity contribution in [3.05, 3.63) is 29.8 Å². The third kappa shape index (κ3) is 3.40. The summed E-state index contributed by atoms with van der Waals surface area (Å²) in [5.41, 5.74) is 0.830. The Morgan fingerprint density at radius 3 is 2.50 bits per heavy atom. The van der Waals surface area contributed by atoms with Crippen molar-refractivity contribution in [1.29, 1.82) is 0 Å². The Morgan fingerprint density at radius 1 is 1.30 bits per heavy atom. The van der Waals surface area contributed by atoms with Gasteiger partial charge >= 0.3 is 0 Å². The molecule has 0 aliphatic heterocycles. The van der Waals surface area contributed by atoms with Crippen molar-refractivity contribution >= 4 is 10.0 Å². The fraction of sp³-hybridized carbons (Fsp3) is 0.600. The SMILES string of the molecule is CNCc1ccccc1S(=O)(=O)N(CC1CC1)C(C)C. The van der Waals surface area contributed by atoms with Crippen LogP contribution in [0.15, 0.2) is 29.2 Å². The van der Waals surface area contributed by atoms with Crippen LogP contribution in [0.1, 0.15) is 32.3 Å². The fourth-order valence-electron chi connectivity index (χ4n) is 2.36. The van der Waals surface area contributed by atoms with E-state index < -0.39 is 10.0 Å². The number of sulfonamides is 1. The second-order valence-corrected chi connectivity index (χ2v) is 7.61. The monoisotopic (exact) mass is 296 g/mol. The first-order chi connectivity index (χ1) is 9.46. The normalized spacial score (nSPS) is 16.1. The van der Waals surface area contributed by atoms with E-state index in [-0.39, 0.29) is 6.04 Å². The Balaban J connectivity index is 2.36. The minimum absolute atomic E-state index is 0.0109. The van der Waals surface area contributed by atoms with Gasteiger partial charge < -0.3 is 5.32 Å². The standard InChI is InChI=1S/C15H24N2O2S/c1-12(2)17(11-13-8-9-13)20(18,19)15-7-5-4-6-14(15)10-16-3/h4-7,12-13,16H,8-11H2,1-3H3. The Hall–Kier alpha value is -0.910. The van der Waals surface area contributed by atoms with E-state index in [1.807, 2.05) is 33.0 Å². The van der Waals surface area contributed by atoms with Crippen molar-refractivity contribution < 1.29 is 8.42 Å². The van der Waals surface area contributed by atoms with Crippen LogP contribution in [0, 0.1) is 5.92 Å². The second-order valence-electron chi connectivity index (χ2n) is 5.75. The lowest BCUT2D eigenvalue weighted by molar-refractivity contribution is 0.341. The Labute approximate surface area is 122 Å². The lowest BCUT2D eigenvalue weighted by Gasteiger charge is -2.27. The van der Waals surface area contributed by atoms with Gasteiger partial charge in [0, 0.05) is 19.1 Å². The third-order valence-electron chi connectivity index (χ3n) is 3.64. The lowest BCUT2D eigenvalue weighted by atomic mass is 10.2. The topological polar surface area (TPSA) is 49.4 Å². The van der Waals surface area contributed by atoms with Crippen LogP contribution in [0.25, 0.3) is 0 Å². The molecule has 0 aromatic heterocycles. The van der Waals surface area contributed by atoms with Crippen molar-refractivity contribution in [2.75, 3.05) is 13.6 Å². The van der Waals surface area contributed by atoms with E-state index >= 15 is 0 Å². The van der Waals surface area contributed by atoms with E-state index in [1.54, 1.807) is 16.4 Å². The second kappa shape index (κ2) is 6.24. The van der Waals surface area contributed by atoms with Crippen molar-refractivity contribution in [2.24, 2.45) is 5.92 Å². The number of hydrogen-bond donors (Lipinski definition) is 1. The highest BCUT2D eigenvalue weighted by Gasteiger charge is 2.34. The van der Waals surface area contributed by atoms with E-state index in [0.29, 0.717) is 23.9 Å². The van der Waals surface area contributed by atoms with Gasteiger partial charge in [0.15, 0.2) is 0 Å². The van der Waals surface area contributed by atoms with Gasteiger partial charge in [-0.3, -0.25) is 0 Å². The number of nitrogens with zero attached hydrogens (tertiary/aromatic N) is 1. The maximum Gasteiger partial charge on any atom is 0.243 e. The van der Waals surface area contributed by atoms with Crippen molar-refractivity contribution in [2.45, 2.75) is 44.2 Å². The molecule has 0 spiro atoms. The minimum Gasteiger partial charge on any atom is -0.316 e. The summed E-state index contributed by atoms with van der Waals surface area (Å²) in [4.78, 5) is 0.434. The van der Waals surface area contributed by atoms with Gasteiger partial charge in [-0.2, -0.15) is 4.31 Å². The summed E-state index contributed by atoms with van der Waals surface area (Å²) in [6.07, 6.45) is 2.30. The van der Waals surface area contributed by atoms with Gasteiger partial charge in [0.05, 0.1) is 4.90 Å². The molecule has 1 aromatic carbocycles. The summed E-state index contributed by atoms with van der Waals surface area (Å²) >= 11 is 0. The van der Waals surface area contributed by atoms with Crippen molar-refractivity contribution in [1.82, 2.24) is 9.62 Å². The molecule has 0 saturated heterocycles. The molecule has 1 saturated carbocycles. The average molecular weight is 296 g/mol. The molecule has 20 heavy (non-hydrogen) atoms. The van der Waals surface area contributed by atoms with Gasteiger partial charge in [-0.05, 0) is 51.3 Å². The molecule has 112 valence electrons. The Kier molecular flexibility index (Phi) is 4.83. The maximum atomic E-state index is 12.9. The highest BCUT2D eigenvalue weighted by molar-refractivity contribution is 7.89. The Morgan fingerprint density at radius 2 is 1.95 bits per heavy atom. The molecular formula is C15H24N2O2S. The summed E-state index contributed by atoms with van der Waals surface area (Å²) in [6.45, 7) is 5.10. The first-order valence-electron chi connectivity index (χ1n) is 7.21. The predicted molar refractivity (Wildman–Crippen MR) is 81.0 cm³/mol. The van der Waals surface area contributed by atoms with Crippen LogP contribution in [0.3, 0.4) is 0 Å². The van der Waals surface area contributed by atoms with Crippen LogP contribution in [0.5, 0.6) is 0 Å². The number of benzene rings is 1.